The number of rotatable bonds is 5. The Morgan fingerprint density at radius 2 is 2.15 bits per heavy atom. The molecule has 1 heterocycles. The van der Waals surface area contributed by atoms with Gasteiger partial charge in [0.15, 0.2) is 0 Å². The van der Waals surface area contributed by atoms with Gasteiger partial charge in [-0.1, -0.05) is 23.8 Å². The van der Waals surface area contributed by atoms with Crippen molar-refractivity contribution >= 4 is 28.5 Å². The maximum absolute atomic E-state index is 11.8. The summed E-state index contributed by atoms with van der Waals surface area (Å²) >= 11 is 2.35. The number of carbonyl (C=O) groups is 1. The van der Waals surface area contributed by atoms with E-state index in [1.165, 1.54) is 14.7 Å². The van der Waals surface area contributed by atoms with E-state index in [0.29, 0.717) is 12.2 Å². The summed E-state index contributed by atoms with van der Waals surface area (Å²) in [5.41, 5.74) is 3.09. The SMILES string of the molecule is Cc1ccc(I)c(CCCNC(=O)c2ccccn2)c1. The zero-order valence-corrected chi connectivity index (χ0v) is 13.6. The normalized spacial score (nSPS) is 10.3. The molecule has 20 heavy (non-hydrogen) atoms. The summed E-state index contributed by atoms with van der Waals surface area (Å²) in [6.45, 7) is 2.77. The van der Waals surface area contributed by atoms with Crippen molar-refractivity contribution in [1.29, 1.82) is 0 Å². The Morgan fingerprint density at radius 1 is 1.30 bits per heavy atom. The van der Waals surface area contributed by atoms with Gasteiger partial charge in [0.25, 0.3) is 5.91 Å². The molecule has 0 bridgehead atoms. The molecular formula is C16H17IN2O. The third-order valence-electron chi connectivity index (χ3n) is 3.01. The second kappa shape index (κ2) is 7.38. The van der Waals surface area contributed by atoms with Gasteiger partial charge in [-0.25, -0.2) is 0 Å². The van der Waals surface area contributed by atoms with Crippen LogP contribution in [-0.4, -0.2) is 17.4 Å². The largest absolute Gasteiger partial charge is 0.351 e. The van der Waals surface area contributed by atoms with Crippen LogP contribution in [-0.2, 0) is 6.42 Å². The number of hydrogen-bond acceptors (Lipinski definition) is 2. The van der Waals surface area contributed by atoms with E-state index in [2.05, 4.69) is 58.0 Å². The van der Waals surface area contributed by atoms with Crippen LogP contribution >= 0.6 is 22.6 Å². The maximum Gasteiger partial charge on any atom is 0.269 e. The van der Waals surface area contributed by atoms with Gasteiger partial charge in [0.05, 0.1) is 0 Å². The fourth-order valence-electron chi connectivity index (χ4n) is 1.96. The Morgan fingerprint density at radius 3 is 2.90 bits per heavy atom. The minimum Gasteiger partial charge on any atom is -0.351 e. The molecule has 0 aliphatic heterocycles. The van der Waals surface area contributed by atoms with Crippen molar-refractivity contribution in [3.63, 3.8) is 0 Å². The van der Waals surface area contributed by atoms with Crippen molar-refractivity contribution in [3.05, 3.63) is 63.0 Å². The van der Waals surface area contributed by atoms with E-state index in [1.54, 1.807) is 18.3 Å². The summed E-state index contributed by atoms with van der Waals surface area (Å²) in [6, 6.07) is 11.8. The van der Waals surface area contributed by atoms with Gasteiger partial charge in [0.2, 0.25) is 0 Å². The maximum atomic E-state index is 11.8. The number of benzene rings is 1. The predicted molar refractivity (Wildman–Crippen MR) is 88.8 cm³/mol. The summed E-state index contributed by atoms with van der Waals surface area (Å²) in [7, 11) is 0. The lowest BCUT2D eigenvalue weighted by atomic mass is 10.1. The number of aryl methyl sites for hydroxylation is 2. The highest BCUT2D eigenvalue weighted by Gasteiger charge is 2.05. The van der Waals surface area contributed by atoms with E-state index in [-0.39, 0.29) is 5.91 Å². The zero-order chi connectivity index (χ0) is 14.4. The van der Waals surface area contributed by atoms with Crippen LogP contribution in [0.4, 0.5) is 0 Å². The molecule has 0 aliphatic carbocycles. The first-order valence-corrected chi connectivity index (χ1v) is 7.69. The number of amides is 1. The van der Waals surface area contributed by atoms with Crippen molar-refractivity contribution in [3.8, 4) is 0 Å². The van der Waals surface area contributed by atoms with Crippen LogP contribution in [0.25, 0.3) is 0 Å². The van der Waals surface area contributed by atoms with E-state index >= 15 is 0 Å². The summed E-state index contributed by atoms with van der Waals surface area (Å²) in [6.07, 6.45) is 3.53. The van der Waals surface area contributed by atoms with Crippen molar-refractivity contribution in [2.75, 3.05) is 6.54 Å². The first kappa shape index (κ1) is 15.0. The Hall–Kier alpha value is -1.43. The molecule has 104 valence electrons. The lowest BCUT2D eigenvalue weighted by Crippen LogP contribution is -2.25. The van der Waals surface area contributed by atoms with Gasteiger partial charge < -0.3 is 5.32 Å². The molecule has 0 unspecified atom stereocenters. The number of pyridine rings is 1. The van der Waals surface area contributed by atoms with E-state index in [1.807, 2.05) is 6.07 Å². The lowest BCUT2D eigenvalue weighted by Gasteiger charge is -2.07. The van der Waals surface area contributed by atoms with Crippen molar-refractivity contribution in [2.24, 2.45) is 0 Å². The molecule has 1 N–H and O–H groups in total. The van der Waals surface area contributed by atoms with E-state index in [4.69, 9.17) is 0 Å². The summed E-state index contributed by atoms with van der Waals surface area (Å²) in [5.74, 6) is -0.107. The first-order valence-electron chi connectivity index (χ1n) is 6.61. The van der Waals surface area contributed by atoms with Crippen LogP contribution in [0.2, 0.25) is 0 Å². The Kier molecular flexibility index (Phi) is 5.52. The minimum atomic E-state index is -0.107. The van der Waals surface area contributed by atoms with Gasteiger partial charge >= 0.3 is 0 Å². The molecular weight excluding hydrogens is 363 g/mol. The lowest BCUT2D eigenvalue weighted by molar-refractivity contribution is 0.0948. The fourth-order valence-corrected chi connectivity index (χ4v) is 2.57. The van der Waals surface area contributed by atoms with E-state index in [0.717, 1.165) is 12.8 Å². The third kappa shape index (κ3) is 4.30. The van der Waals surface area contributed by atoms with Gasteiger partial charge in [-0.2, -0.15) is 0 Å². The van der Waals surface area contributed by atoms with Crippen LogP contribution in [0.3, 0.4) is 0 Å². The molecule has 3 nitrogen and oxygen atoms in total. The van der Waals surface area contributed by atoms with E-state index in [9.17, 15) is 4.79 Å². The number of nitrogens with one attached hydrogen (secondary N) is 1. The van der Waals surface area contributed by atoms with Crippen LogP contribution in [0, 0.1) is 10.5 Å². The molecule has 1 aromatic carbocycles. The molecule has 0 saturated carbocycles. The second-order valence-corrected chi connectivity index (χ2v) is 5.83. The second-order valence-electron chi connectivity index (χ2n) is 4.67. The number of carbonyl (C=O) groups excluding carboxylic acids is 1. The molecule has 0 saturated heterocycles. The zero-order valence-electron chi connectivity index (χ0n) is 11.4. The van der Waals surface area contributed by atoms with Crippen molar-refractivity contribution in [2.45, 2.75) is 19.8 Å². The highest BCUT2D eigenvalue weighted by atomic mass is 127. The molecule has 0 atom stereocenters. The van der Waals surface area contributed by atoms with Crippen LogP contribution in [0.15, 0.2) is 42.6 Å². The van der Waals surface area contributed by atoms with Crippen molar-refractivity contribution in [1.82, 2.24) is 10.3 Å². The smallest absolute Gasteiger partial charge is 0.269 e. The first-order chi connectivity index (χ1) is 9.66. The molecule has 0 spiro atoms. The van der Waals surface area contributed by atoms with Crippen molar-refractivity contribution < 1.29 is 4.79 Å². The monoisotopic (exact) mass is 380 g/mol. The summed E-state index contributed by atoms with van der Waals surface area (Å²) in [4.78, 5) is 15.8. The Balaban J connectivity index is 1.79. The van der Waals surface area contributed by atoms with Gasteiger partial charge in [-0.15, -0.1) is 0 Å². The molecule has 0 fully saturated rings. The minimum absolute atomic E-state index is 0.107. The molecule has 2 rings (SSSR count). The average Bonchev–Trinajstić information content (AvgIpc) is 2.47. The number of hydrogen-bond donors (Lipinski definition) is 1. The molecule has 1 aromatic heterocycles. The van der Waals surface area contributed by atoms with Gasteiger partial charge in [0, 0.05) is 16.3 Å². The van der Waals surface area contributed by atoms with Gasteiger partial charge in [-0.3, -0.25) is 9.78 Å². The standard InChI is InChI=1S/C16H17IN2O/c1-12-7-8-14(17)13(11-12)5-4-10-19-16(20)15-6-2-3-9-18-15/h2-3,6-9,11H,4-5,10H2,1H3,(H,19,20). The Labute approximate surface area is 133 Å². The van der Waals surface area contributed by atoms with Crippen LogP contribution in [0.1, 0.15) is 28.0 Å². The van der Waals surface area contributed by atoms with Gasteiger partial charge in [-0.05, 0) is 66.1 Å². The summed E-state index contributed by atoms with van der Waals surface area (Å²) in [5, 5.41) is 2.90. The number of halogens is 1. The third-order valence-corrected chi connectivity index (χ3v) is 4.06. The van der Waals surface area contributed by atoms with Gasteiger partial charge in [0.1, 0.15) is 5.69 Å². The van der Waals surface area contributed by atoms with Crippen LogP contribution < -0.4 is 5.32 Å². The molecule has 0 aliphatic rings. The summed E-state index contributed by atoms with van der Waals surface area (Å²) < 4.78 is 1.28. The quantitative estimate of drug-likeness (QED) is 0.639. The highest BCUT2D eigenvalue weighted by molar-refractivity contribution is 14.1. The Bertz CT molecular complexity index is 584. The van der Waals surface area contributed by atoms with E-state index < -0.39 is 0 Å². The molecule has 1 amide bonds. The average molecular weight is 380 g/mol. The fraction of sp³-hybridized carbons (Fsp3) is 0.250. The molecule has 2 aromatic rings. The predicted octanol–water partition coefficient (Wildman–Crippen LogP) is 3.36. The highest BCUT2D eigenvalue weighted by Crippen LogP contribution is 2.15. The van der Waals surface area contributed by atoms with Crippen LogP contribution in [0.5, 0.6) is 0 Å². The number of nitrogens with zero attached hydrogens (tertiary/aromatic N) is 1. The molecule has 4 heteroatoms. The topological polar surface area (TPSA) is 42.0 Å². The number of aromatic nitrogens is 1. The molecule has 0 radical (unpaired) electrons.